The second-order valence-electron chi connectivity index (χ2n) is 7.93. The van der Waals surface area contributed by atoms with Crippen LogP contribution in [0.1, 0.15) is 31.0 Å². The number of carbonyl (C=O) groups is 1. The highest BCUT2D eigenvalue weighted by Gasteiger charge is 2.34. The molecule has 4 aromatic rings. The average molecular weight is 533 g/mol. The Labute approximate surface area is 208 Å². The minimum Gasteiger partial charge on any atom is -0.463 e. The van der Waals surface area contributed by atoms with E-state index in [1.807, 2.05) is 72.8 Å². The summed E-state index contributed by atoms with van der Waals surface area (Å²) in [6, 6.07) is 21.0. The summed E-state index contributed by atoms with van der Waals surface area (Å²) in [6.45, 7) is 3.81. The molecule has 0 saturated carbocycles. The van der Waals surface area contributed by atoms with Crippen molar-refractivity contribution in [2.75, 3.05) is 6.61 Å². The molecular formula is C27H21BrN2O3S. The van der Waals surface area contributed by atoms with Crippen LogP contribution in [0.15, 0.2) is 92.3 Å². The number of carbonyl (C=O) groups excluding carboxylic acids is 1. The van der Waals surface area contributed by atoms with Crippen molar-refractivity contribution in [2.45, 2.75) is 19.9 Å². The summed E-state index contributed by atoms with van der Waals surface area (Å²) < 4.78 is 8.53. The highest BCUT2D eigenvalue weighted by Crippen LogP contribution is 2.34. The third kappa shape index (κ3) is 3.95. The fourth-order valence-electron chi connectivity index (χ4n) is 4.32. The van der Waals surface area contributed by atoms with Crippen molar-refractivity contribution in [3.8, 4) is 0 Å². The zero-order chi connectivity index (χ0) is 23.8. The molecule has 1 aliphatic heterocycles. The highest BCUT2D eigenvalue weighted by molar-refractivity contribution is 9.10. The molecule has 0 spiro atoms. The van der Waals surface area contributed by atoms with Crippen LogP contribution in [0.2, 0.25) is 0 Å². The van der Waals surface area contributed by atoms with E-state index in [1.165, 1.54) is 11.3 Å². The lowest BCUT2D eigenvalue weighted by Crippen LogP contribution is -2.40. The Morgan fingerprint density at radius 1 is 1.15 bits per heavy atom. The number of halogens is 1. The minimum absolute atomic E-state index is 0.184. The monoisotopic (exact) mass is 532 g/mol. The Hall–Kier alpha value is -3.29. The molecule has 0 radical (unpaired) electrons. The van der Waals surface area contributed by atoms with Crippen LogP contribution in [0.25, 0.3) is 16.8 Å². The molecule has 170 valence electrons. The first-order valence-corrected chi connectivity index (χ1v) is 12.5. The van der Waals surface area contributed by atoms with Crippen LogP contribution in [-0.2, 0) is 9.53 Å². The van der Waals surface area contributed by atoms with Gasteiger partial charge in [-0.2, -0.15) is 0 Å². The number of fused-ring (bicyclic) bond motifs is 2. The Morgan fingerprint density at radius 3 is 2.71 bits per heavy atom. The van der Waals surface area contributed by atoms with Gasteiger partial charge in [0.15, 0.2) is 4.80 Å². The van der Waals surface area contributed by atoms with Crippen LogP contribution >= 0.6 is 27.3 Å². The summed E-state index contributed by atoms with van der Waals surface area (Å²) in [7, 11) is 0. The van der Waals surface area contributed by atoms with Gasteiger partial charge in [-0.3, -0.25) is 9.36 Å². The quantitative estimate of drug-likeness (QED) is 0.357. The lowest BCUT2D eigenvalue weighted by Gasteiger charge is -2.25. The fraction of sp³-hybridized carbons (Fsp3) is 0.148. The molecule has 0 aliphatic carbocycles. The summed E-state index contributed by atoms with van der Waals surface area (Å²) in [5.74, 6) is -0.456. The maximum Gasteiger partial charge on any atom is 0.338 e. The first-order chi connectivity index (χ1) is 16.5. The van der Waals surface area contributed by atoms with E-state index >= 15 is 0 Å². The number of allylic oxidation sites excluding steroid dienone is 1. The van der Waals surface area contributed by atoms with E-state index in [1.54, 1.807) is 18.4 Å². The number of thiazole rings is 1. The van der Waals surface area contributed by atoms with Gasteiger partial charge >= 0.3 is 5.97 Å². The maximum atomic E-state index is 13.8. The molecule has 0 bridgehead atoms. The van der Waals surface area contributed by atoms with E-state index in [0.29, 0.717) is 20.6 Å². The van der Waals surface area contributed by atoms with Gasteiger partial charge < -0.3 is 4.74 Å². The molecular weight excluding hydrogens is 512 g/mol. The van der Waals surface area contributed by atoms with Gasteiger partial charge in [-0.25, -0.2) is 9.79 Å². The number of esters is 1. The van der Waals surface area contributed by atoms with Crippen molar-refractivity contribution >= 4 is 50.1 Å². The summed E-state index contributed by atoms with van der Waals surface area (Å²) in [5, 5.41) is 2.02. The molecule has 0 unspecified atom stereocenters. The predicted molar refractivity (Wildman–Crippen MR) is 138 cm³/mol. The molecule has 1 atom stereocenters. The van der Waals surface area contributed by atoms with Gasteiger partial charge in [-0.05, 0) is 54.0 Å². The average Bonchev–Trinajstić information content (AvgIpc) is 3.12. The molecule has 5 rings (SSSR count). The molecule has 7 heteroatoms. The Balaban J connectivity index is 1.81. The summed E-state index contributed by atoms with van der Waals surface area (Å²) in [5.41, 5.74) is 2.54. The first kappa shape index (κ1) is 22.5. The number of ether oxygens (including phenoxy) is 1. The SMILES string of the molecule is CCOC(=O)C1=C(C)N=c2s/c(=C/c3cccc(Br)c3)c(=O)n2[C@@H]1c1cccc2ccccc12. The number of nitrogens with zero attached hydrogens (tertiary/aromatic N) is 2. The number of benzene rings is 3. The third-order valence-corrected chi connectivity index (χ3v) is 7.26. The number of aromatic nitrogens is 1. The number of hydrogen-bond acceptors (Lipinski definition) is 5. The van der Waals surface area contributed by atoms with Gasteiger partial charge in [0.05, 0.1) is 28.5 Å². The van der Waals surface area contributed by atoms with Crippen molar-refractivity contribution in [3.63, 3.8) is 0 Å². The van der Waals surface area contributed by atoms with E-state index in [-0.39, 0.29) is 12.2 Å². The topological polar surface area (TPSA) is 60.7 Å². The van der Waals surface area contributed by atoms with Gasteiger partial charge in [0.1, 0.15) is 0 Å². The van der Waals surface area contributed by atoms with Gasteiger partial charge in [-0.15, -0.1) is 0 Å². The Morgan fingerprint density at radius 2 is 1.91 bits per heavy atom. The van der Waals surface area contributed by atoms with E-state index in [9.17, 15) is 9.59 Å². The van der Waals surface area contributed by atoms with Crippen LogP contribution in [-0.4, -0.2) is 17.1 Å². The minimum atomic E-state index is -0.633. The van der Waals surface area contributed by atoms with Gasteiger partial charge in [0.25, 0.3) is 5.56 Å². The van der Waals surface area contributed by atoms with Crippen molar-refractivity contribution in [3.05, 3.63) is 113 Å². The van der Waals surface area contributed by atoms with Crippen molar-refractivity contribution in [2.24, 2.45) is 4.99 Å². The second kappa shape index (κ2) is 9.16. The largest absolute Gasteiger partial charge is 0.463 e. The van der Waals surface area contributed by atoms with Crippen LogP contribution in [0.4, 0.5) is 0 Å². The van der Waals surface area contributed by atoms with Gasteiger partial charge in [0.2, 0.25) is 0 Å². The standard InChI is InChI=1S/C27H21BrN2O3S/c1-3-33-26(32)23-16(2)29-27-30(24(23)21-13-7-10-18-9-4-5-12-20(18)21)25(31)22(34-27)15-17-8-6-11-19(28)14-17/h4-15,24H,3H2,1-2H3/b22-15+/t24-/m1/s1. The smallest absolute Gasteiger partial charge is 0.338 e. The van der Waals surface area contributed by atoms with Crippen LogP contribution in [0.5, 0.6) is 0 Å². The molecule has 0 fully saturated rings. The van der Waals surface area contributed by atoms with E-state index in [0.717, 1.165) is 26.4 Å². The van der Waals surface area contributed by atoms with E-state index in [4.69, 9.17) is 4.74 Å². The van der Waals surface area contributed by atoms with Crippen molar-refractivity contribution < 1.29 is 9.53 Å². The molecule has 0 N–H and O–H groups in total. The third-order valence-electron chi connectivity index (χ3n) is 5.78. The fourth-order valence-corrected chi connectivity index (χ4v) is 5.79. The molecule has 0 saturated heterocycles. The Bertz CT molecular complexity index is 1640. The lowest BCUT2D eigenvalue weighted by molar-refractivity contribution is -0.139. The molecule has 1 aliphatic rings. The van der Waals surface area contributed by atoms with Crippen LogP contribution in [0, 0.1) is 0 Å². The Kier molecular flexibility index (Phi) is 6.06. The normalized spacial score (nSPS) is 15.9. The molecule has 3 aromatic carbocycles. The lowest BCUT2D eigenvalue weighted by atomic mass is 9.91. The summed E-state index contributed by atoms with van der Waals surface area (Å²) in [4.78, 5) is 32.1. The number of rotatable bonds is 4. The van der Waals surface area contributed by atoms with Gasteiger partial charge in [-0.1, -0.05) is 81.9 Å². The molecule has 0 amide bonds. The zero-order valence-corrected chi connectivity index (χ0v) is 21.0. The van der Waals surface area contributed by atoms with Gasteiger partial charge in [0, 0.05) is 4.47 Å². The summed E-state index contributed by atoms with van der Waals surface area (Å²) in [6.07, 6.45) is 1.86. The zero-order valence-electron chi connectivity index (χ0n) is 18.6. The van der Waals surface area contributed by atoms with E-state index < -0.39 is 12.0 Å². The first-order valence-electron chi connectivity index (χ1n) is 10.9. The summed E-state index contributed by atoms with van der Waals surface area (Å²) >= 11 is 4.81. The maximum absolute atomic E-state index is 13.8. The molecule has 34 heavy (non-hydrogen) atoms. The molecule has 2 heterocycles. The van der Waals surface area contributed by atoms with Crippen LogP contribution < -0.4 is 14.9 Å². The predicted octanol–water partition coefficient (Wildman–Crippen LogP) is 4.71. The number of hydrogen-bond donors (Lipinski definition) is 0. The molecule has 1 aromatic heterocycles. The van der Waals surface area contributed by atoms with E-state index in [2.05, 4.69) is 20.9 Å². The van der Waals surface area contributed by atoms with Crippen molar-refractivity contribution in [1.29, 1.82) is 0 Å². The highest BCUT2D eigenvalue weighted by atomic mass is 79.9. The van der Waals surface area contributed by atoms with Crippen molar-refractivity contribution in [1.82, 2.24) is 4.57 Å². The van der Waals surface area contributed by atoms with Crippen LogP contribution in [0.3, 0.4) is 0 Å². The second-order valence-corrected chi connectivity index (χ2v) is 9.85. The molecule has 5 nitrogen and oxygen atoms in total.